The van der Waals surface area contributed by atoms with Gasteiger partial charge in [-0.2, -0.15) is 0 Å². The Kier molecular flexibility index (Phi) is 8.06. The molecule has 2 N–H and O–H groups in total. The van der Waals surface area contributed by atoms with Crippen molar-refractivity contribution in [2.45, 2.75) is 122 Å². The number of carbonyl (C=O) groups is 1. The summed E-state index contributed by atoms with van der Waals surface area (Å²) >= 11 is 1.75. The minimum atomic E-state index is -0.638. The summed E-state index contributed by atoms with van der Waals surface area (Å²) < 4.78 is 5.94. The molecular weight excluding hydrogens is 494 g/mol. The van der Waals surface area contributed by atoms with Gasteiger partial charge in [0.1, 0.15) is 11.1 Å². The van der Waals surface area contributed by atoms with Crippen molar-refractivity contribution >= 4 is 17.3 Å². The van der Waals surface area contributed by atoms with E-state index in [0.29, 0.717) is 30.1 Å². The Balaban J connectivity index is 1.24. The number of rotatable bonds is 8. The second kappa shape index (κ2) is 11.0. The lowest BCUT2D eigenvalue weighted by Gasteiger charge is -2.42. The Morgan fingerprint density at radius 1 is 1.29 bits per heavy atom. The van der Waals surface area contributed by atoms with E-state index in [4.69, 9.17) is 4.74 Å². The molecule has 4 fully saturated rings. The van der Waals surface area contributed by atoms with Crippen LogP contribution in [-0.4, -0.2) is 39.5 Å². The Morgan fingerprint density at radius 2 is 2.08 bits per heavy atom. The first-order chi connectivity index (χ1) is 18.1. The fraction of sp³-hybridized carbons (Fsp3) is 0.688. The molecule has 0 bridgehead atoms. The van der Waals surface area contributed by atoms with Gasteiger partial charge in [-0.15, -0.1) is 11.3 Å². The molecule has 208 valence electrons. The zero-order valence-electron chi connectivity index (χ0n) is 23.4. The topological polar surface area (TPSA) is 79.7 Å². The van der Waals surface area contributed by atoms with Crippen LogP contribution in [0.4, 0.5) is 0 Å². The zero-order valence-corrected chi connectivity index (χ0v) is 24.2. The van der Waals surface area contributed by atoms with Crippen LogP contribution in [0.1, 0.15) is 101 Å². The average Bonchev–Trinajstić information content (AvgIpc) is 3.44. The number of nitrogens with zero attached hydrogens (tertiary/aromatic N) is 1. The number of allylic oxidation sites excluding steroid dienone is 3. The van der Waals surface area contributed by atoms with Gasteiger partial charge in [-0.25, -0.2) is 4.98 Å². The minimum absolute atomic E-state index is 0.0642. The maximum Gasteiger partial charge on any atom is 0.302 e. The zero-order chi connectivity index (χ0) is 27.1. The second-order valence-electron chi connectivity index (χ2n) is 12.7. The van der Waals surface area contributed by atoms with Crippen LogP contribution in [0.5, 0.6) is 0 Å². The molecule has 0 amide bonds. The number of esters is 1. The SMILES string of the molecule is C=C1/C(=C\C=C2/CCCC3(C)C(CCCC(OC(C)=O)C4(c5ncc(C)s5)CC4)CCC23)C[C@@H](O)C[C@@H]1O. The Labute approximate surface area is 232 Å². The molecular formula is C32H45NO4S. The number of aliphatic hydroxyl groups excluding tert-OH is 2. The van der Waals surface area contributed by atoms with Gasteiger partial charge < -0.3 is 14.9 Å². The number of aryl methyl sites for hydroxylation is 1. The number of hydrogen-bond donors (Lipinski definition) is 2. The lowest BCUT2D eigenvalue weighted by Crippen LogP contribution is -2.34. The summed E-state index contributed by atoms with van der Waals surface area (Å²) in [4.78, 5) is 17.9. The molecule has 4 unspecified atom stereocenters. The third-order valence-electron chi connectivity index (χ3n) is 10.2. The van der Waals surface area contributed by atoms with Crippen molar-refractivity contribution in [3.8, 4) is 0 Å². The van der Waals surface area contributed by atoms with Crippen molar-refractivity contribution in [2.24, 2.45) is 17.3 Å². The van der Waals surface area contributed by atoms with Crippen molar-refractivity contribution < 1.29 is 19.7 Å². The molecule has 4 aliphatic carbocycles. The van der Waals surface area contributed by atoms with Gasteiger partial charge in [-0.05, 0) is 106 Å². The van der Waals surface area contributed by atoms with Crippen LogP contribution < -0.4 is 0 Å². The molecule has 38 heavy (non-hydrogen) atoms. The third-order valence-corrected chi connectivity index (χ3v) is 11.3. The maximum absolute atomic E-state index is 12.0. The Morgan fingerprint density at radius 3 is 2.76 bits per heavy atom. The first-order valence-electron chi connectivity index (χ1n) is 14.7. The van der Waals surface area contributed by atoms with Gasteiger partial charge in [0.05, 0.1) is 17.6 Å². The lowest BCUT2D eigenvalue weighted by atomic mass is 9.62. The van der Waals surface area contributed by atoms with E-state index >= 15 is 0 Å². The van der Waals surface area contributed by atoms with Gasteiger partial charge in [0, 0.05) is 24.4 Å². The molecule has 0 saturated heterocycles. The molecule has 0 aromatic carbocycles. The highest BCUT2D eigenvalue weighted by Crippen LogP contribution is 2.59. The first kappa shape index (κ1) is 27.8. The van der Waals surface area contributed by atoms with Gasteiger partial charge >= 0.3 is 5.97 Å². The third kappa shape index (κ3) is 5.46. The van der Waals surface area contributed by atoms with Crippen LogP contribution in [0.2, 0.25) is 0 Å². The average molecular weight is 540 g/mol. The van der Waals surface area contributed by atoms with Crippen LogP contribution in [0.25, 0.3) is 0 Å². The monoisotopic (exact) mass is 539 g/mol. The second-order valence-corrected chi connectivity index (χ2v) is 14.0. The highest BCUT2D eigenvalue weighted by atomic mass is 32.1. The van der Waals surface area contributed by atoms with Crippen molar-refractivity contribution in [3.63, 3.8) is 0 Å². The number of carbonyl (C=O) groups excluding carboxylic acids is 1. The van der Waals surface area contributed by atoms with Crippen LogP contribution in [0.15, 0.2) is 41.6 Å². The number of ether oxygens (including phenoxy) is 1. The van der Waals surface area contributed by atoms with E-state index in [-0.39, 0.29) is 17.5 Å². The number of aliphatic hydroxyl groups is 2. The standard InChI is InChI=1S/C32H45NO4S/c1-20-19-33-30(38-20)32(15-16-32)29(37-22(3)34)9-5-8-25-12-13-27-23(7-6-14-31(25,27)4)10-11-24-17-26(35)18-28(36)21(24)2/h10-11,19,25-29,35-36H,2,5-9,12-18H2,1,3-4H3/b23-10+,24-11-/t25?,26-,27?,28+,29?,31?/m1/s1. The van der Waals surface area contributed by atoms with Gasteiger partial charge in [0.15, 0.2) is 0 Å². The number of aromatic nitrogens is 1. The van der Waals surface area contributed by atoms with E-state index in [1.807, 2.05) is 6.20 Å². The van der Waals surface area contributed by atoms with Crippen molar-refractivity contribution in [1.82, 2.24) is 4.98 Å². The van der Waals surface area contributed by atoms with E-state index in [9.17, 15) is 15.0 Å². The van der Waals surface area contributed by atoms with Gasteiger partial charge in [0.2, 0.25) is 0 Å². The summed E-state index contributed by atoms with van der Waals surface area (Å²) in [5, 5.41) is 21.5. The van der Waals surface area contributed by atoms with Crippen LogP contribution in [0.3, 0.4) is 0 Å². The van der Waals surface area contributed by atoms with Crippen LogP contribution >= 0.6 is 11.3 Å². The number of fused-ring (bicyclic) bond motifs is 1. The van der Waals surface area contributed by atoms with Crippen molar-refractivity contribution in [2.75, 3.05) is 0 Å². The highest BCUT2D eigenvalue weighted by molar-refractivity contribution is 7.11. The quantitative estimate of drug-likeness (QED) is 0.358. The summed E-state index contributed by atoms with van der Waals surface area (Å²) in [5.41, 5.74) is 3.53. The van der Waals surface area contributed by atoms with E-state index < -0.39 is 12.2 Å². The molecule has 5 nitrogen and oxygen atoms in total. The maximum atomic E-state index is 12.0. The predicted molar refractivity (Wildman–Crippen MR) is 152 cm³/mol. The van der Waals surface area contributed by atoms with Gasteiger partial charge in [-0.1, -0.05) is 31.2 Å². The van der Waals surface area contributed by atoms with E-state index in [0.717, 1.165) is 48.3 Å². The summed E-state index contributed by atoms with van der Waals surface area (Å²) in [5.74, 6) is 1.11. The molecule has 4 aliphatic rings. The van der Waals surface area contributed by atoms with Crippen molar-refractivity contribution in [1.29, 1.82) is 0 Å². The molecule has 0 spiro atoms. The van der Waals surface area contributed by atoms with Crippen molar-refractivity contribution in [3.05, 3.63) is 51.5 Å². The molecule has 0 aliphatic heterocycles. The summed E-state index contributed by atoms with van der Waals surface area (Å²) in [7, 11) is 0. The van der Waals surface area contributed by atoms with E-state index in [1.165, 1.54) is 49.5 Å². The lowest BCUT2D eigenvalue weighted by molar-refractivity contribution is -0.148. The fourth-order valence-electron chi connectivity index (χ4n) is 7.88. The Hall–Kier alpha value is -1.76. The number of hydrogen-bond acceptors (Lipinski definition) is 6. The minimum Gasteiger partial charge on any atom is -0.462 e. The molecule has 6 heteroatoms. The summed E-state index contributed by atoms with van der Waals surface area (Å²) in [6.07, 6.45) is 17.5. The largest absolute Gasteiger partial charge is 0.462 e. The summed E-state index contributed by atoms with van der Waals surface area (Å²) in [6.45, 7) is 10.2. The van der Waals surface area contributed by atoms with Crippen LogP contribution in [-0.2, 0) is 14.9 Å². The molecule has 1 heterocycles. The molecule has 1 aromatic heterocycles. The summed E-state index contributed by atoms with van der Waals surface area (Å²) in [6, 6.07) is 0. The van der Waals surface area contributed by atoms with Crippen LogP contribution in [0, 0.1) is 24.2 Å². The fourth-order valence-corrected chi connectivity index (χ4v) is 8.93. The molecule has 5 rings (SSSR count). The van der Waals surface area contributed by atoms with Gasteiger partial charge in [-0.3, -0.25) is 4.79 Å². The molecule has 6 atom stereocenters. The highest BCUT2D eigenvalue weighted by Gasteiger charge is 2.55. The normalized spacial score (nSPS) is 35.3. The van der Waals surface area contributed by atoms with E-state index in [1.54, 1.807) is 11.3 Å². The Bertz CT molecular complexity index is 1110. The van der Waals surface area contributed by atoms with Gasteiger partial charge in [0.25, 0.3) is 0 Å². The smallest absolute Gasteiger partial charge is 0.302 e. The first-order valence-corrected chi connectivity index (χ1v) is 15.5. The molecule has 0 radical (unpaired) electrons. The molecule has 4 saturated carbocycles. The number of thiazole rings is 1. The van der Waals surface area contributed by atoms with E-state index in [2.05, 4.69) is 37.6 Å². The molecule has 1 aromatic rings. The predicted octanol–water partition coefficient (Wildman–Crippen LogP) is 6.73.